The number of carbonyl (C=O) groups is 1. The van der Waals surface area contributed by atoms with Crippen molar-refractivity contribution in [1.82, 2.24) is 4.90 Å². The van der Waals surface area contributed by atoms with Crippen molar-refractivity contribution >= 4 is 17.3 Å². The number of amides is 1. The van der Waals surface area contributed by atoms with Gasteiger partial charge in [0.2, 0.25) is 5.91 Å². The number of aliphatic hydroxyl groups is 1. The maximum Gasteiger partial charge on any atom is 0.293 e. The SMILES string of the molecule is CC(=O)Nc1cc2c(cc1[N+](=O)[O-])[C@](C)(N1CCCCC1)[C@@H](O)C(C)(C)O2. The van der Waals surface area contributed by atoms with E-state index >= 15 is 0 Å². The van der Waals surface area contributed by atoms with E-state index in [1.54, 1.807) is 0 Å². The van der Waals surface area contributed by atoms with Crippen LogP contribution in [0.4, 0.5) is 11.4 Å². The van der Waals surface area contributed by atoms with Crippen LogP contribution in [0.1, 0.15) is 52.5 Å². The van der Waals surface area contributed by atoms with E-state index in [-0.39, 0.29) is 11.4 Å². The molecule has 0 aromatic heterocycles. The van der Waals surface area contributed by atoms with Gasteiger partial charge in [0.15, 0.2) is 0 Å². The number of hydrogen-bond donors (Lipinski definition) is 2. The fourth-order valence-electron chi connectivity index (χ4n) is 4.35. The lowest BCUT2D eigenvalue weighted by atomic mass is 9.74. The Morgan fingerprint density at radius 2 is 1.93 bits per heavy atom. The zero-order valence-electron chi connectivity index (χ0n) is 16.2. The highest BCUT2D eigenvalue weighted by molar-refractivity contribution is 5.92. The maximum absolute atomic E-state index is 11.6. The number of nitrogens with zero attached hydrogens (tertiary/aromatic N) is 2. The van der Waals surface area contributed by atoms with Crippen LogP contribution in [0.3, 0.4) is 0 Å². The molecular formula is C19H27N3O5. The summed E-state index contributed by atoms with van der Waals surface area (Å²) in [5.74, 6) is 0.0553. The fraction of sp³-hybridized carbons (Fsp3) is 0.632. The van der Waals surface area contributed by atoms with Gasteiger partial charge in [-0.3, -0.25) is 19.8 Å². The molecule has 0 unspecified atom stereocenters. The van der Waals surface area contributed by atoms with Crippen LogP contribution in [0.15, 0.2) is 12.1 Å². The third kappa shape index (κ3) is 3.27. The second-order valence-electron chi connectivity index (χ2n) is 8.11. The molecule has 2 atom stereocenters. The zero-order chi connectivity index (χ0) is 20.0. The molecule has 1 fully saturated rings. The molecule has 0 saturated carbocycles. The largest absolute Gasteiger partial charge is 0.485 e. The highest BCUT2D eigenvalue weighted by Crippen LogP contribution is 2.50. The Kier molecular flexibility index (Phi) is 4.90. The number of anilines is 1. The molecule has 2 aliphatic rings. The van der Waals surface area contributed by atoms with E-state index in [0.29, 0.717) is 11.3 Å². The minimum atomic E-state index is -0.886. The van der Waals surface area contributed by atoms with Crippen molar-refractivity contribution in [2.75, 3.05) is 18.4 Å². The average molecular weight is 377 g/mol. The Labute approximate surface area is 158 Å². The quantitative estimate of drug-likeness (QED) is 0.620. The van der Waals surface area contributed by atoms with Crippen LogP contribution in [0.25, 0.3) is 0 Å². The molecule has 3 rings (SSSR count). The van der Waals surface area contributed by atoms with Gasteiger partial charge in [0.25, 0.3) is 5.69 Å². The molecule has 27 heavy (non-hydrogen) atoms. The summed E-state index contributed by atoms with van der Waals surface area (Å²) in [6.45, 7) is 8.46. The van der Waals surface area contributed by atoms with Crippen LogP contribution in [0.5, 0.6) is 5.75 Å². The van der Waals surface area contributed by atoms with Gasteiger partial charge in [-0.15, -0.1) is 0 Å². The normalized spacial score (nSPS) is 27.4. The molecule has 0 spiro atoms. The number of nitro groups is 1. The van der Waals surface area contributed by atoms with Crippen molar-refractivity contribution in [3.05, 3.63) is 27.8 Å². The van der Waals surface area contributed by atoms with E-state index in [9.17, 15) is 20.0 Å². The summed E-state index contributed by atoms with van der Waals surface area (Å²) in [7, 11) is 0. The third-order valence-corrected chi connectivity index (χ3v) is 5.73. The predicted molar refractivity (Wildman–Crippen MR) is 101 cm³/mol. The van der Waals surface area contributed by atoms with Crippen molar-refractivity contribution in [3.8, 4) is 5.75 Å². The van der Waals surface area contributed by atoms with Crippen LogP contribution in [0, 0.1) is 10.1 Å². The van der Waals surface area contributed by atoms with E-state index < -0.39 is 28.1 Å². The van der Waals surface area contributed by atoms with Gasteiger partial charge in [0, 0.05) is 24.6 Å². The summed E-state index contributed by atoms with van der Waals surface area (Å²) in [5.41, 5.74) is -1.24. The molecule has 1 aromatic rings. The number of nitrogens with one attached hydrogen (secondary N) is 1. The van der Waals surface area contributed by atoms with Crippen molar-refractivity contribution < 1.29 is 19.6 Å². The van der Waals surface area contributed by atoms with E-state index in [0.717, 1.165) is 32.4 Å². The van der Waals surface area contributed by atoms with Crippen LogP contribution >= 0.6 is 0 Å². The lowest BCUT2D eigenvalue weighted by Crippen LogP contribution is -2.64. The summed E-state index contributed by atoms with van der Waals surface area (Å²) >= 11 is 0. The predicted octanol–water partition coefficient (Wildman–Crippen LogP) is 2.79. The van der Waals surface area contributed by atoms with Gasteiger partial charge in [0.1, 0.15) is 23.1 Å². The van der Waals surface area contributed by atoms with Gasteiger partial charge in [-0.1, -0.05) is 6.42 Å². The van der Waals surface area contributed by atoms with Gasteiger partial charge < -0.3 is 15.2 Å². The van der Waals surface area contributed by atoms with Crippen LogP contribution in [-0.4, -0.2) is 45.6 Å². The van der Waals surface area contributed by atoms with Crippen molar-refractivity contribution in [2.24, 2.45) is 0 Å². The topological polar surface area (TPSA) is 105 Å². The van der Waals surface area contributed by atoms with Gasteiger partial charge in [-0.2, -0.15) is 0 Å². The molecule has 0 aliphatic carbocycles. The van der Waals surface area contributed by atoms with E-state index in [2.05, 4.69) is 10.2 Å². The summed E-state index contributed by atoms with van der Waals surface area (Å²) in [6.07, 6.45) is 2.30. The number of nitro benzene ring substituents is 1. The van der Waals surface area contributed by atoms with Crippen molar-refractivity contribution in [3.63, 3.8) is 0 Å². The first-order chi connectivity index (χ1) is 12.6. The lowest BCUT2D eigenvalue weighted by Gasteiger charge is -2.54. The molecular weight excluding hydrogens is 350 g/mol. The number of benzene rings is 1. The van der Waals surface area contributed by atoms with Gasteiger partial charge >= 0.3 is 0 Å². The molecule has 1 saturated heterocycles. The van der Waals surface area contributed by atoms with E-state index in [1.807, 2.05) is 20.8 Å². The lowest BCUT2D eigenvalue weighted by molar-refractivity contribution is -0.384. The minimum absolute atomic E-state index is 0.0967. The highest BCUT2D eigenvalue weighted by atomic mass is 16.6. The second-order valence-corrected chi connectivity index (χ2v) is 8.11. The molecule has 0 radical (unpaired) electrons. The summed E-state index contributed by atoms with van der Waals surface area (Å²) in [6, 6.07) is 2.94. The van der Waals surface area contributed by atoms with Crippen LogP contribution in [0.2, 0.25) is 0 Å². The van der Waals surface area contributed by atoms with Crippen molar-refractivity contribution in [2.45, 2.75) is 64.2 Å². The first kappa shape index (κ1) is 19.6. The molecule has 1 aromatic carbocycles. The first-order valence-electron chi connectivity index (χ1n) is 9.30. The molecule has 1 amide bonds. The smallest absolute Gasteiger partial charge is 0.293 e. The Morgan fingerprint density at radius 3 is 2.48 bits per heavy atom. The second kappa shape index (κ2) is 6.76. The van der Waals surface area contributed by atoms with Gasteiger partial charge in [-0.05, 0) is 46.7 Å². The molecule has 148 valence electrons. The number of aliphatic hydroxyl groups excluding tert-OH is 1. The number of ether oxygens (including phenoxy) is 1. The van der Waals surface area contributed by atoms with E-state index in [4.69, 9.17) is 4.74 Å². The fourth-order valence-corrected chi connectivity index (χ4v) is 4.35. The highest BCUT2D eigenvalue weighted by Gasteiger charge is 2.54. The minimum Gasteiger partial charge on any atom is -0.485 e. The van der Waals surface area contributed by atoms with Gasteiger partial charge in [0.05, 0.1) is 10.5 Å². The Bertz CT molecular complexity index is 773. The maximum atomic E-state index is 11.6. The number of hydrogen-bond acceptors (Lipinski definition) is 6. The van der Waals surface area contributed by atoms with Crippen molar-refractivity contribution in [1.29, 1.82) is 0 Å². The summed E-state index contributed by atoms with van der Waals surface area (Å²) in [4.78, 5) is 24.8. The Balaban J connectivity index is 2.21. The standard InChI is InChI=1S/C19H27N3O5/c1-12(23)20-14-11-16-13(10-15(14)22(25)26)19(4,17(24)18(2,3)27-16)21-8-6-5-7-9-21/h10-11,17,24H,5-9H2,1-4H3,(H,20,23)/t17-,19-/m0/s1. The molecule has 2 N–H and O–H groups in total. The van der Waals surface area contributed by atoms with Gasteiger partial charge in [-0.25, -0.2) is 0 Å². The number of likely N-dealkylation sites (tertiary alicyclic amines) is 1. The van der Waals surface area contributed by atoms with Crippen LogP contribution < -0.4 is 10.1 Å². The van der Waals surface area contributed by atoms with Crippen LogP contribution in [-0.2, 0) is 10.3 Å². The molecule has 0 bridgehead atoms. The van der Waals surface area contributed by atoms with E-state index in [1.165, 1.54) is 19.1 Å². The average Bonchev–Trinajstić information content (AvgIpc) is 2.59. The summed E-state index contributed by atoms with van der Waals surface area (Å²) < 4.78 is 6.02. The Morgan fingerprint density at radius 1 is 1.30 bits per heavy atom. The number of carbonyl (C=O) groups excluding carboxylic acids is 1. The Hall–Kier alpha value is -2.19. The summed E-state index contributed by atoms with van der Waals surface area (Å²) in [5, 5.41) is 25.3. The molecule has 2 aliphatic heterocycles. The monoisotopic (exact) mass is 377 g/mol. The number of fused-ring (bicyclic) bond motifs is 1. The molecule has 8 nitrogen and oxygen atoms in total. The zero-order valence-corrected chi connectivity index (χ0v) is 16.2. The number of piperidine rings is 1. The third-order valence-electron chi connectivity index (χ3n) is 5.73. The molecule has 2 heterocycles. The number of rotatable bonds is 3. The molecule has 8 heteroatoms. The first-order valence-corrected chi connectivity index (χ1v) is 9.30.